The Morgan fingerprint density at radius 2 is 1.63 bits per heavy atom. The first-order valence-electron chi connectivity index (χ1n) is 9.90. The number of hydrogen-bond acceptors (Lipinski definition) is 4. The molecule has 0 aliphatic carbocycles. The molecule has 1 N–H and O–H groups in total. The normalized spacial score (nSPS) is 10.8. The molecule has 0 radical (unpaired) electrons. The second kappa shape index (κ2) is 8.69. The number of rotatable bonds is 6. The van der Waals surface area contributed by atoms with Gasteiger partial charge in [-0.15, -0.1) is 0 Å². The van der Waals surface area contributed by atoms with Crippen LogP contribution in [-0.2, 0) is 24.2 Å². The Bertz CT molecular complexity index is 1230. The minimum atomic E-state index is -0.293. The molecule has 2 heterocycles. The van der Waals surface area contributed by atoms with Crippen LogP contribution in [0, 0.1) is 0 Å². The first-order chi connectivity index (χ1) is 14.6. The smallest absolute Gasteiger partial charge is 0.275 e. The maximum absolute atomic E-state index is 12.9. The van der Waals surface area contributed by atoms with Crippen molar-refractivity contribution in [1.29, 1.82) is 0 Å². The molecule has 0 saturated heterocycles. The van der Waals surface area contributed by atoms with Gasteiger partial charge in [-0.2, -0.15) is 5.10 Å². The number of anilines is 1. The molecule has 0 fully saturated rings. The van der Waals surface area contributed by atoms with Gasteiger partial charge in [0.05, 0.1) is 11.1 Å². The summed E-state index contributed by atoms with van der Waals surface area (Å²) >= 11 is 0. The van der Waals surface area contributed by atoms with E-state index in [-0.39, 0.29) is 18.0 Å². The van der Waals surface area contributed by atoms with E-state index in [0.29, 0.717) is 17.5 Å². The third kappa shape index (κ3) is 4.27. The van der Waals surface area contributed by atoms with Crippen LogP contribution < -0.4 is 10.9 Å². The molecule has 2 aromatic carbocycles. The fourth-order valence-corrected chi connectivity index (χ4v) is 3.40. The lowest BCUT2D eigenvalue weighted by Crippen LogP contribution is -2.30. The highest BCUT2D eigenvalue weighted by Crippen LogP contribution is 2.17. The summed E-state index contributed by atoms with van der Waals surface area (Å²) in [6.07, 6.45) is 4.93. The van der Waals surface area contributed by atoms with Crippen molar-refractivity contribution in [2.75, 3.05) is 5.32 Å². The number of aryl methyl sites for hydroxylation is 1. The number of carbonyl (C=O) groups is 1. The number of nitrogens with zero attached hydrogens (tertiary/aromatic N) is 3. The predicted molar refractivity (Wildman–Crippen MR) is 117 cm³/mol. The zero-order valence-electron chi connectivity index (χ0n) is 16.7. The van der Waals surface area contributed by atoms with Crippen molar-refractivity contribution < 1.29 is 4.79 Å². The van der Waals surface area contributed by atoms with Gasteiger partial charge in [-0.1, -0.05) is 37.3 Å². The SMILES string of the molecule is CCc1ccc(NC(=O)Cn2nc(Cc3ccncc3)c3ccccc3c2=O)cc1. The highest BCUT2D eigenvalue weighted by Gasteiger charge is 2.13. The molecule has 4 rings (SSSR count). The number of aromatic nitrogens is 3. The summed E-state index contributed by atoms with van der Waals surface area (Å²) in [5, 5.41) is 8.72. The maximum atomic E-state index is 12.9. The van der Waals surface area contributed by atoms with Crippen LogP contribution in [0.4, 0.5) is 5.69 Å². The quantitative estimate of drug-likeness (QED) is 0.539. The molecular formula is C24H22N4O2. The number of fused-ring (bicyclic) bond motifs is 1. The highest BCUT2D eigenvalue weighted by atomic mass is 16.2. The summed E-state index contributed by atoms with van der Waals surface area (Å²) in [5.74, 6) is -0.293. The molecule has 0 aliphatic rings. The fourth-order valence-electron chi connectivity index (χ4n) is 3.40. The van der Waals surface area contributed by atoms with Crippen molar-refractivity contribution in [2.45, 2.75) is 26.3 Å². The number of benzene rings is 2. The summed E-state index contributed by atoms with van der Waals surface area (Å²) < 4.78 is 1.24. The van der Waals surface area contributed by atoms with E-state index < -0.39 is 0 Å². The van der Waals surface area contributed by atoms with Crippen molar-refractivity contribution >= 4 is 22.4 Å². The molecule has 1 amide bonds. The third-order valence-corrected chi connectivity index (χ3v) is 5.00. The second-order valence-corrected chi connectivity index (χ2v) is 7.09. The summed E-state index contributed by atoms with van der Waals surface area (Å²) in [6, 6.07) is 18.9. The summed E-state index contributed by atoms with van der Waals surface area (Å²) in [4.78, 5) is 29.5. The van der Waals surface area contributed by atoms with E-state index in [1.807, 2.05) is 54.6 Å². The third-order valence-electron chi connectivity index (χ3n) is 5.00. The number of carbonyl (C=O) groups excluding carboxylic acids is 1. The van der Waals surface area contributed by atoms with Gasteiger partial charge in [-0.25, -0.2) is 4.68 Å². The molecule has 6 heteroatoms. The second-order valence-electron chi connectivity index (χ2n) is 7.09. The van der Waals surface area contributed by atoms with Crippen LogP contribution in [0.15, 0.2) is 77.9 Å². The maximum Gasteiger partial charge on any atom is 0.275 e. The average molecular weight is 398 g/mol. The predicted octanol–water partition coefficient (Wildman–Crippen LogP) is 3.58. The fraction of sp³-hybridized carbons (Fsp3) is 0.167. The van der Waals surface area contributed by atoms with Gasteiger partial charge in [-0.05, 0) is 47.9 Å². The van der Waals surface area contributed by atoms with Gasteiger partial charge < -0.3 is 5.32 Å². The van der Waals surface area contributed by atoms with Gasteiger partial charge in [-0.3, -0.25) is 14.6 Å². The van der Waals surface area contributed by atoms with Crippen molar-refractivity contribution in [3.05, 3.63) is 100 Å². The Labute approximate surface area is 174 Å². The van der Waals surface area contributed by atoms with E-state index in [2.05, 4.69) is 22.3 Å². The monoisotopic (exact) mass is 398 g/mol. The van der Waals surface area contributed by atoms with Crippen LogP contribution >= 0.6 is 0 Å². The van der Waals surface area contributed by atoms with Gasteiger partial charge in [0, 0.05) is 29.9 Å². The molecule has 0 bridgehead atoms. The molecule has 0 spiro atoms. The Balaban J connectivity index is 1.63. The minimum Gasteiger partial charge on any atom is -0.324 e. The molecule has 30 heavy (non-hydrogen) atoms. The van der Waals surface area contributed by atoms with Crippen LogP contribution in [0.3, 0.4) is 0 Å². The zero-order valence-corrected chi connectivity index (χ0v) is 16.7. The number of pyridine rings is 1. The Kier molecular flexibility index (Phi) is 5.66. The largest absolute Gasteiger partial charge is 0.324 e. The van der Waals surface area contributed by atoms with Crippen molar-refractivity contribution in [3.8, 4) is 0 Å². The van der Waals surface area contributed by atoms with Crippen LogP contribution in [0.25, 0.3) is 10.8 Å². The van der Waals surface area contributed by atoms with Crippen molar-refractivity contribution in [2.24, 2.45) is 0 Å². The molecule has 4 aromatic rings. The molecule has 0 unspecified atom stereocenters. The molecular weight excluding hydrogens is 376 g/mol. The number of amides is 1. The first-order valence-corrected chi connectivity index (χ1v) is 9.90. The first kappa shape index (κ1) is 19.5. The Hall–Kier alpha value is -3.80. The van der Waals surface area contributed by atoms with Gasteiger partial charge >= 0.3 is 0 Å². The zero-order chi connectivity index (χ0) is 20.9. The van der Waals surface area contributed by atoms with Crippen LogP contribution in [-0.4, -0.2) is 20.7 Å². The van der Waals surface area contributed by atoms with Crippen molar-refractivity contribution in [1.82, 2.24) is 14.8 Å². The van der Waals surface area contributed by atoms with Gasteiger partial charge in [0.2, 0.25) is 5.91 Å². The van der Waals surface area contributed by atoms with Crippen LogP contribution in [0.1, 0.15) is 23.7 Å². The number of hydrogen-bond donors (Lipinski definition) is 1. The van der Waals surface area contributed by atoms with Crippen molar-refractivity contribution in [3.63, 3.8) is 0 Å². The minimum absolute atomic E-state index is 0.150. The highest BCUT2D eigenvalue weighted by molar-refractivity contribution is 5.91. The van der Waals surface area contributed by atoms with E-state index in [0.717, 1.165) is 23.1 Å². The van der Waals surface area contributed by atoms with Crippen LogP contribution in [0.2, 0.25) is 0 Å². The molecule has 0 aliphatic heterocycles. The lowest BCUT2D eigenvalue weighted by Gasteiger charge is -2.12. The molecule has 0 saturated carbocycles. The number of nitrogens with one attached hydrogen (secondary N) is 1. The van der Waals surface area contributed by atoms with Crippen LogP contribution in [0.5, 0.6) is 0 Å². The summed E-state index contributed by atoms with van der Waals surface area (Å²) in [7, 11) is 0. The standard InChI is InChI=1S/C24H22N4O2/c1-2-17-7-9-19(10-8-17)26-23(29)16-28-24(30)21-6-4-3-5-20(21)22(27-28)15-18-11-13-25-14-12-18/h3-14H,2,15-16H2,1H3,(H,26,29). The lowest BCUT2D eigenvalue weighted by atomic mass is 10.1. The van der Waals surface area contributed by atoms with Gasteiger partial charge in [0.1, 0.15) is 6.54 Å². The van der Waals surface area contributed by atoms with E-state index in [1.165, 1.54) is 10.2 Å². The molecule has 150 valence electrons. The Morgan fingerprint density at radius 1 is 0.933 bits per heavy atom. The van der Waals surface area contributed by atoms with E-state index in [1.54, 1.807) is 18.5 Å². The molecule has 0 atom stereocenters. The van der Waals surface area contributed by atoms with E-state index >= 15 is 0 Å². The molecule has 2 aromatic heterocycles. The topological polar surface area (TPSA) is 76.9 Å². The Morgan fingerprint density at radius 3 is 2.33 bits per heavy atom. The van der Waals surface area contributed by atoms with E-state index in [4.69, 9.17) is 0 Å². The van der Waals surface area contributed by atoms with Gasteiger partial charge in [0.25, 0.3) is 5.56 Å². The summed E-state index contributed by atoms with van der Waals surface area (Å²) in [6.45, 7) is 1.93. The average Bonchev–Trinajstić information content (AvgIpc) is 2.78. The lowest BCUT2D eigenvalue weighted by molar-refractivity contribution is -0.117. The molecule has 6 nitrogen and oxygen atoms in total. The van der Waals surface area contributed by atoms with E-state index in [9.17, 15) is 9.59 Å². The van der Waals surface area contributed by atoms with Gasteiger partial charge in [0.15, 0.2) is 0 Å². The summed E-state index contributed by atoms with van der Waals surface area (Å²) in [5.41, 5.74) is 3.40.